The highest BCUT2D eigenvalue weighted by Crippen LogP contribution is 2.43. The molecule has 0 radical (unpaired) electrons. The molecule has 3 nitrogen and oxygen atoms in total. The minimum Gasteiger partial charge on any atom is -0.460 e. The highest BCUT2D eigenvalue weighted by atomic mass is 32.4. The fraction of sp³-hybridized carbons (Fsp3) is 0.364. The van der Waals surface area contributed by atoms with Gasteiger partial charge in [0.05, 0.1) is 6.35 Å². The van der Waals surface area contributed by atoms with E-state index in [4.69, 9.17) is 16.5 Å². The Kier molecular flexibility index (Phi) is 4.66. The van der Waals surface area contributed by atoms with Crippen molar-refractivity contribution in [1.82, 2.24) is 0 Å². The first-order valence-corrected chi connectivity index (χ1v) is 8.05. The number of carbonyl (C=O) groups is 1. The van der Waals surface area contributed by atoms with Gasteiger partial charge in [0.25, 0.3) is 0 Å². The number of hydrogen-bond acceptors (Lipinski definition) is 4. The maximum Gasteiger partial charge on any atom is 0.303 e. The van der Waals surface area contributed by atoms with Crippen molar-refractivity contribution in [2.24, 2.45) is 0 Å². The quantitative estimate of drug-likeness (QED) is 0.658. The van der Waals surface area contributed by atoms with Crippen LogP contribution in [0.1, 0.15) is 12.5 Å². The van der Waals surface area contributed by atoms with Crippen molar-refractivity contribution in [3.63, 3.8) is 0 Å². The Balaban J connectivity index is 2.91. The normalized spacial score (nSPS) is 14.2. The molecule has 1 aromatic carbocycles. The smallest absolute Gasteiger partial charge is 0.303 e. The van der Waals surface area contributed by atoms with E-state index in [-0.39, 0.29) is 18.7 Å². The summed E-state index contributed by atoms with van der Waals surface area (Å²) in [6, 6.07) is 5.51. The lowest BCUT2D eigenvalue weighted by atomic mass is 10.2. The zero-order valence-corrected chi connectivity index (χ0v) is 11.1. The van der Waals surface area contributed by atoms with Gasteiger partial charge < -0.3 is 9.84 Å². The number of aliphatic hydroxyl groups is 1. The number of carbonyl (C=O) groups excluding carboxylic acids is 1. The van der Waals surface area contributed by atoms with Crippen LogP contribution in [0, 0.1) is 6.92 Å². The number of aryl methyl sites for hydroxylation is 1. The maximum atomic E-state index is 10.8. The predicted octanol–water partition coefficient (Wildman–Crippen LogP) is 1.57. The van der Waals surface area contributed by atoms with Gasteiger partial charge in [-0.15, -0.1) is 0 Å². The van der Waals surface area contributed by atoms with Crippen LogP contribution in [0.3, 0.4) is 0 Å². The maximum absolute atomic E-state index is 10.8. The average molecular weight is 258 g/mol. The van der Waals surface area contributed by atoms with Crippen molar-refractivity contribution in [2.75, 3.05) is 12.7 Å². The Labute approximate surface area is 100 Å². The molecule has 0 spiro atoms. The fourth-order valence-electron chi connectivity index (χ4n) is 1.21. The minimum atomic E-state index is -2.18. The first-order valence-electron chi connectivity index (χ1n) is 4.87. The van der Waals surface area contributed by atoms with E-state index in [0.29, 0.717) is 0 Å². The standard InChI is InChI=1S/C11H15O3PS/c1-9-3-5-11(6-4-9)15(16,7-12)8-14-10(2)13/h3-6,12H,7-8H2,1-2H3. The highest BCUT2D eigenvalue weighted by Gasteiger charge is 2.20. The highest BCUT2D eigenvalue weighted by molar-refractivity contribution is 8.18. The van der Waals surface area contributed by atoms with Gasteiger partial charge >= 0.3 is 5.97 Å². The topological polar surface area (TPSA) is 46.5 Å². The molecule has 0 heterocycles. The Morgan fingerprint density at radius 2 is 2.00 bits per heavy atom. The fourth-order valence-corrected chi connectivity index (χ4v) is 3.21. The lowest BCUT2D eigenvalue weighted by Crippen LogP contribution is -2.13. The molecule has 5 heteroatoms. The molecule has 0 aromatic heterocycles. The van der Waals surface area contributed by atoms with Crippen molar-refractivity contribution in [3.8, 4) is 0 Å². The Morgan fingerprint density at radius 1 is 1.44 bits per heavy atom. The second-order valence-corrected chi connectivity index (χ2v) is 8.56. The molecule has 1 unspecified atom stereocenters. The third kappa shape index (κ3) is 3.41. The molecule has 0 bridgehead atoms. The van der Waals surface area contributed by atoms with Gasteiger partial charge in [-0.1, -0.05) is 41.6 Å². The van der Waals surface area contributed by atoms with E-state index in [0.717, 1.165) is 10.9 Å². The van der Waals surface area contributed by atoms with Crippen LogP contribution < -0.4 is 5.30 Å². The summed E-state index contributed by atoms with van der Waals surface area (Å²) < 4.78 is 4.93. The molecule has 16 heavy (non-hydrogen) atoms. The van der Waals surface area contributed by atoms with Crippen molar-refractivity contribution in [2.45, 2.75) is 13.8 Å². The number of esters is 1. The van der Waals surface area contributed by atoms with E-state index in [2.05, 4.69) is 0 Å². The van der Waals surface area contributed by atoms with Crippen molar-refractivity contribution in [1.29, 1.82) is 0 Å². The predicted molar refractivity (Wildman–Crippen MR) is 68.8 cm³/mol. The van der Waals surface area contributed by atoms with Gasteiger partial charge in [0.1, 0.15) is 6.35 Å². The molecule has 88 valence electrons. The van der Waals surface area contributed by atoms with Crippen LogP contribution in [0.25, 0.3) is 0 Å². The molecule has 1 atom stereocenters. The largest absolute Gasteiger partial charge is 0.460 e. The first kappa shape index (κ1) is 13.4. The van der Waals surface area contributed by atoms with Crippen LogP contribution in [0.2, 0.25) is 0 Å². The molecule has 0 aliphatic rings. The van der Waals surface area contributed by atoms with Crippen LogP contribution in [0.15, 0.2) is 24.3 Å². The van der Waals surface area contributed by atoms with Gasteiger partial charge in [-0.2, -0.15) is 0 Å². The monoisotopic (exact) mass is 258 g/mol. The molecule has 1 rings (SSSR count). The molecule has 0 fully saturated rings. The van der Waals surface area contributed by atoms with E-state index in [1.54, 1.807) is 0 Å². The van der Waals surface area contributed by atoms with Gasteiger partial charge in [-0.3, -0.25) is 4.79 Å². The summed E-state index contributed by atoms with van der Waals surface area (Å²) in [5, 5.41) is 10.3. The summed E-state index contributed by atoms with van der Waals surface area (Å²) >= 11 is 5.42. The SMILES string of the molecule is CC(=O)OCP(=S)(CO)c1ccc(C)cc1. The molecule has 0 saturated heterocycles. The third-order valence-electron chi connectivity index (χ3n) is 2.21. The van der Waals surface area contributed by atoms with Crippen molar-refractivity contribution < 1.29 is 14.6 Å². The molecule has 0 amide bonds. The molecule has 1 N–H and O–H groups in total. The van der Waals surface area contributed by atoms with Crippen LogP contribution in [-0.4, -0.2) is 23.8 Å². The van der Waals surface area contributed by atoms with E-state index < -0.39 is 6.04 Å². The number of ether oxygens (including phenoxy) is 1. The summed E-state index contributed by atoms with van der Waals surface area (Å²) in [5.74, 6) is -0.366. The molecular weight excluding hydrogens is 243 g/mol. The summed E-state index contributed by atoms with van der Waals surface area (Å²) in [7, 11) is 0. The molecule has 0 aliphatic carbocycles. The minimum absolute atomic E-state index is 0.122. The second-order valence-electron chi connectivity index (χ2n) is 3.63. The Bertz CT molecular complexity index is 414. The van der Waals surface area contributed by atoms with Gasteiger partial charge in [0.2, 0.25) is 0 Å². The second kappa shape index (κ2) is 5.58. The van der Waals surface area contributed by atoms with Crippen molar-refractivity contribution in [3.05, 3.63) is 29.8 Å². The Morgan fingerprint density at radius 3 is 2.44 bits per heavy atom. The van der Waals surface area contributed by atoms with E-state index in [1.807, 2.05) is 31.2 Å². The summed E-state index contributed by atoms with van der Waals surface area (Å²) in [6.45, 7) is 3.32. The molecular formula is C11H15O3PS. The van der Waals surface area contributed by atoms with E-state index in [9.17, 15) is 9.90 Å². The average Bonchev–Trinajstić information content (AvgIpc) is 2.27. The number of aliphatic hydroxyl groups excluding tert-OH is 1. The van der Waals surface area contributed by atoms with Crippen LogP contribution >= 0.6 is 6.04 Å². The first-order chi connectivity index (χ1) is 7.48. The zero-order chi connectivity index (χ0) is 12.2. The van der Waals surface area contributed by atoms with Crippen LogP contribution in [0.5, 0.6) is 0 Å². The van der Waals surface area contributed by atoms with Gasteiger partial charge in [0.15, 0.2) is 0 Å². The summed E-state index contributed by atoms with van der Waals surface area (Å²) in [4.78, 5) is 10.8. The summed E-state index contributed by atoms with van der Waals surface area (Å²) in [5.41, 5.74) is 1.13. The molecule has 0 saturated carbocycles. The van der Waals surface area contributed by atoms with Crippen LogP contribution in [-0.2, 0) is 21.3 Å². The number of hydrogen-bond donors (Lipinski definition) is 1. The van der Waals surface area contributed by atoms with Gasteiger partial charge in [-0.25, -0.2) is 0 Å². The molecule has 1 aromatic rings. The lowest BCUT2D eigenvalue weighted by molar-refractivity contribution is -0.138. The molecule has 0 aliphatic heterocycles. The zero-order valence-electron chi connectivity index (χ0n) is 9.34. The van der Waals surface area contributed by atoms with E-state index >= 15 is 0 Å². The number of rotatable bonds is 4. The van der Waals surface area contributed by atoms with Crippen LogP contribution in [0.4, 0.5) is 0 Å². The van der Waals surface area contributed by atoms with Crippen molar-refractivity contribution >= 4 is 29.1 Å². The van der Waals surface area contributed by atoms with E-state index in [1.165, 1.54) is 6.92 Å². The number of benzene rings is 1. The Hall–Kier alpha value is -0.700. The summed E-state index contributed by atoms with van der Waals surface area (Å²) in [6.07, 6.45) is -0.00407. The van der Waals surface area contributed by atoms with Gasteiger partial charge in [-0.05, 0) is 12.2 Å². The lowest BCUT2D eigenvalue weighted by Gasteiger charge is -2.19. The van der Waals surface area contributed by atoms with Gasteiger partial charge in [0, 0.05) is 13.0 Å². The third-order valence-corrected chi connectivity index (χ3v) is 5.75.